The molecule has 66 valence electrons. The predicted octanol–water partition coefficient (Wildman–Crippen LogP) is 2.49. The zero-order chi connectivity index (χ0) is 9.45. The van der Waals surface area contributed by atoms with Crippen molar-refractivity contribution in [3.8, 4) is 0 Å². The lowest BCUT2D eigenvalue weighted by atomic mass is 10.7. The van der Waals surface area contributed by atoms with E-state index in [1.807, 2.05) is 0 Å². The zero-order valence-electron chi connectivity index (χ0n) is 7.33. The maximum Gasteiger partial charge on any atom is 0.236 e. The highest BCUT2D eigenvalue weighted by Gasteiger charge is 2.31. The van der Waals surface area contributed by atoms with Gasteiger partial charge in [-0.25, -0.2) is 0 Å². The molecule has 3 heteroatoms. The van der Waals surface area contributed by atoms with Gasteiger partial charge in [-0.1, -0.05) is 18.2 Å². The molecule has 0 saturated heterocycles. The zero-order valence-corrected chi connectivity index (χ0v) is 8.33. The predicted molar refractivity (Wildman–Crippen MR) is 54.0 cm³/mol. The second kappa shape index (κ2) is 5.94. The van der Waals surface area contributed by atoms with Crippen molar-refractivity contribution in [1.29, 1.82) is 0 Å². The summed E-state index contributed by atoms with van der Waals surface area (Å²) in [7, 11) is -2.07. The van der Waals surface area contributed by atoms with Gasteiger partial charge in [0, 0.05) is 5.90 Å². The van der Waals surface area contributed by atoms with Crippen LogP contribution in [0, 0.1) is 0 Å². The Hall–Kier alpha value is -0.643. The Bertz CT molecular complexity index is 141. The van der Waals surface area contributed by atoms with Crippen LogP contribution in [-0.2, 0) is 4.53 Å². The lowest BCUT2D eigenvalue weighted by molar-refractivity contribution is 0.293. The van der Waals surface area contributed by atoms with Crippen molar-refractivity contribution in [3.05, 3.63) is 38.0 Å². The van der Waals surface area contributed by atoms with Crippen LogP contribution in [0.2, 0.25) is 18.1 Å². The minimum absolute atomic E-state index is 0.724. The van der Waals surface area contributed by atoms with Crippen LogP contribution < -0.4 is 5.90 Å². The average molecular weight is 181 g/mol. The Balaban J connectivity index is 4.35. The van der Waals surface area contributed by atoms with E-state index in [4.69, 9.17) is 5.90 Å². The fourth-order valence-electron chi connectivity index (χ4n) is 1.15. The summed E-state index contributed by atoms with van der Waals surface area (Å²) < 4.78 is 4.58. The number of allylic oxidation sites excluding steroid dienone is 3. The molecule has 2 radical (unpaired) electrons. The van der Waals surface area contributed by atoms with Crippen molar-refractivity contribution in [2.24, 2.45) is 0 Å². The van der Waals surface area contributed by atoms with E-state index in [0.717, 1.165) is 18.1 Å². The molecule has 0 aromatic carbocycles. The Labute approximate surface area is 75.5 Å². The lowest BCUT2D eigenvalue weighted by Crippen LogP contribution is -2.35. The molecule has 0 saturated carbocycles. The number of hydrogen-bond donors (Lipinski definition) is 0. The summed E-state index contributed by atoms with van der Waals surface area (Å²) in [5.74, 6) is 8.79. The van der Waals surface area contributed by atoms with Gasteiger partial charge >= 0.3 is 0 Å². The van der Waals surface area contributed by atoms with Crippen molar-refractivity contribution in [1.82, 2.24) is 5.90 Å². The summed E-state index contributed by atoms with van der Waals surface area (Å²) in [6.07, 6.45) is 5.32. The van der Waals surface area contributed by atoms with E-state index in [0.29, 0.717) is 0 Å². The molecule has 0 unspecified atom stereocenters. The number of nitrogens with zero attached hydrogens (tertiary/aromatic N) is 1. The van der Waals surface area contributed by atoms with Crippen molar-refractivity contribution < 1.29 is 4.53 Å². The molecule has 0 aromatic heterocycles. The highest BCUT2D eigenvalue weighted by atomic mass is 28.4. The Kier molecular flexibility index (Phi) is 5.62. The highest BCUT2D eigenvalue weighted by molar-refractivity contribution is 6.74. The van der Waals surface area contributed by atoms with E-state index in [9.17, 15) is 0 Å². The van der Waals surface area contributed by atoms with Gasteiger partial charge in [0.2, 0.25) is 8.32 Å². The molecule has 0 N–H and O–H groups in total. The highest BCUT2D eigenvalue weighted by Crippen LogP contribution is 2.22. The van der Waals surface area contributed by atoms with E-state index in [-0.39, 0.29) is 0 Å². The first-order valence-corrected chi connectivity index (χ1v) is 6.43. The first-order chi connectivity index (χ1) is 5.74. The lowest BCUT2D eigenvalue weighted by Gasteiger charge is -2.22. The Morgan fingerprint density at radius 2 is 1.33 bits per heavy atom. The standard InChI is InChI=1S/C9H15NOSi/c1-4-7-12(11-10,8-5-2)9-6-3/h4-6H,1-3,7-9H2. The average Bonchev–Trinajstić information content (AvgIpc) is 2.06. The molecule has 0 rings (SSSR count). The third-order valence-electron chi connectivity index (χ3n) is 1.74. The Morgan fingerprint density at radius 1 is 1.00 bits per heavy atom. The number of rotatable bonds is 7. The van der Waals surface area contributed by atoms with Crippen molar-refractivity contribution in [2.75, 3.05) is 0 Å². The normalized spacial score (nSPS) is 10.8. The van der Waals surface area contributed by atoms with Gasteiger partial charge in [-0.3, -0.25) is 0 Å². The van der Waals surface area contributed by atoms with Gasteiger partial charge in [-0.15, -0.1) is 19.7 Å². The van der Waals surface area contributed by atoms with Gasteiger partial charge in [0.25, 0.3) is 0 Å². The molecule has 0 aliphatic heterocycles. The quantitative estimate of drug-likeness (QED) is 0.337. The van der Waals surface area contributed by atoms with Gasteiger partial charge in [0.05, 0.1) is 0 Å². The molecular weight excluding hydrogens is 166 g/mol. The molecule has 0 heterocycles. The van der Waals surface area contributed by atoms with Crippen molar-refractivity contribution >= 4 is 8.32 Å². The SMILES string of the molecule is C=CC[Si](CC=C)(CC=C)O[N]. The first kappa shape index (κ1) is 11.4. The van der Waals surface area contributed by atoms with Crippen molar-refractivity contribution in [3.63, 3.8) is 0 Å². The van der Waals surface area contributed by atoms with Crippen LogP contribution in [0.25, 0.3) is 0 Å². The molecule has 0 fully saturated rings. The summed E-state index contributed by atoms with van der Waals surface area (Å²) in [5.41, 5.74) is 0. The molecule has 0 bridgehead atoms. The van der Waals surface area contributed by atoms with Gasteiger partial charge in [0.15, 0.2) is 0 Å². The monoisotopic (exact) mass is 181 g/mol. The first-order valence-electron chi connectivity index (χ1n) is 3.90. The molecule has 12 heavy (non-hydrogen) atoms. The second-order valence-corrected chi connectivity index (χ2v) is 6.53. The van der Waals surface area contributed by atoms with Gasteiger partial charge in [-0.05, 0) is 18.1 Å². The fourth-order valence-corrected chi connectivity index (χ4v) is 3.45. The summed E-state index contributed by atoms with van der Waals surface area (Å²) in [6, 6.07) is 2.17. The van der Waals surface area contributed by atoms with Crippen LogP contribution in [0.15, 0.2) is 38.0 Å². The van der Waals surface area contributed by atoms with Crippen LogP contribution in [-0.4, -0.2) is 8.32 Å². The van der Waals surface area contributed by atoms with Gasteiger partial charge < -0.3 is 4.53 Å². The summed E-state index contributed by atoms with van der Waals surface area (Å²) in [6.45, 7) is 10.9. The number of hydrogen-bond acceptors (Lipinski definition) is 1. The third kappa shape index (κ3) is 3.17. The van der Waals surface area contributed by atoms with E-state index in [1.165, 1.54) is 0 Å². The molecular formula is C9H15NOSi. The van der Waals surface area contributed by atoms with Crippen LogP contribution in [0.4, 0.5) is 0 Å². The molecule has 0 aliphatic rings. The Morgan fingerprint density at radius 3 is 1.50 bits per heavy atom. The van der Waals surface area contributed by atoms with E-state index in [2.05, 4.69) is 24.3 Å². The molecule has 2 nitrogen and oxygen atoms in total. The van der Waals surface area contributed by atoms with E-state index >= 15 is 0 Å². The van der Waals surface area contributed by atoms with E-state index < -0.39 is 8.32 Å². The van der Waals surface area contributed by atoms with Crippen molar-refractivity contribution in [2.45, 2.75) is 18.1 Å². The van der Waals surface area contributed by atoms with Gasteiger partial charge in [-0.2, -0.15) is 0 Å². The maximum absolute atomic E-state index is 8.79. The van der Waals surface area contributed by atoms with Crippen LogP contribution in [0.3, 0.4) is 0 Å². The van der Waals surface area contributed by atoms with Gasteiger partial charge in [0.1, 0.15) is 0 Å². The van der Waals surface area contributed by atoms with E-state index in [1.54, 1.807) is 18.2 Å². The summed E-state index contributed by atoms with van der Waals surface area (Å²) in [4.78, 5) is 0. The fraction of sp³-hybridized carbons (Fsp3) is 0.333. The second-order valence-electron chi connectivity index (χ2n) is 2.75. The molecule has 0 aliphatic carbocycles. The summed E-state index contributed by atoms with van der Waals surface area (Å²) >= 11 is 0. The minimum atomic E-state index is -2.07. The smallest absolute Gasteiger partial charge is 0.236 e. The largest absolute Gasteiger partial charge is 0.309 e. The maximum atomic E-state index is 8.79. The molecule has 0 amide bonds. The van der Waals surface area contributed by atoms with Crippen LogP contribution in [0.5, 0.6) is 0 Å². The molecule has 0 atom stereocenters. The van der Waals surface area contributed by atoms with Crippen LogP contribution in [0.1, 0.15) is 0 Å². The molecule has 0 aromatic rings. The summed E-state index contributed by atoms with van der Waals surface area (Å²) in [5, 5.41) is 0. The third-order valence-corrected chi connectivity index (χ3v) is 5.23. The van der Waals surface area contributed by atoms with Crippen LogP contribution >= 0.6 is 0 Å². The topological polar surface area (TPSA) is 31.5 Å². The molecule has 0 spiro atoms. The minimum Gasteiger partial charge on any atom is -0.309 e.